The number of carbonyl (C=O) groups is 2. The zero-order chi connectivity index (χ0) is 15.0. The summed E-state index contributed by atoms with van der Waals surface area (Å²) >= 11 is 0. The summed E-state index contributed by atoms with van der Waals surface area (Å²) < 4.78 is 0. The van der Waals surface area contributed by atoms with E-state index in [-0.39, 0.29) is 23.8 Å². The highest BCUT2D eigenvalue weighted by Crippen LogP contribution is 2.14. The number of hydrogen-bond acceptors (Lipinski definition) is 4. The fourth-order valence-electron chi connectivity index (χ4n) is 0.943. The van der Waals surface area contributed by atoms with Crippen LogP contribution in [-0.2, 0) is 4.79 Å². The highest BCUT2D eigenvalue weighted by Gasteiger charge is 2.05. The van der Waals surface area contributed by atoms with E-state index in [1.54, 1.807) is 12.1 Å². The molecule has 0 aliphatic carbocycles. The largest absolute Gasteiger partial charge is 0.507 e. The number of likely N-dealkylation sites (N-methyl/N-ethyl adjacent to an activating group) is 1. The number of rotatable bonds is 3. The first-order chi connectivity index (χ1) is 8.75. The van der Waals surface area contributed by atoms with Crippen molar-refractivity contribution in [2.45, 2.75) is 0 Å². The molecule has 0 spiro atoms. The first-order valence-corrected chi connectivity index (χ1v) is 5.04. The molecule has 0 atom stereocenters. The fourth-order valence-corrected chi connectivity index (χ4v) is 0.943. The summed E-state index contributed by atoms with van der Waals surface area (Å²) in [6, 6.07) is 5.81. The van der Waals surface area contributed by atoms with Crippen LogP contribution in [-0.4, -0.2) is 51.7 Å². The number of carboxylic acids is 2. The smallest absolute Gasteiger partial charge is 0.339 e. The van der Waals surface area contributed by atoms with E-state index in [1.165, 1.54) is 19.2 Å². The molecule has 0 bridgehead atoms. The monoisotopic (exact) mass is 269 g/mol. The number of benzene rings is 1. The third-order valence-corrected chi connectivity index (χ3v) is 1.92. The van der Waals surface area contributed by atoms with Crippen LogP contribution in [0.5, 0.6) is 5.75 Å². The number of carboxylic acid groups (broad SMARTS) is 2. The van der Waals surface area contributed by atoms with E-state index < -0.39 is 11.9 Å². The predicted octanol–water partition coefficient (Wildman–Crippen LogP) is -0.0133. The van der Waals surface area contributed by atoms with Crippen molar-refractivity contribution in [1.82, 2.24) is 4.90 Å². The maximum absolute atomic E-state index is 10.3. The van der Waals surface area contributed by atoms with Gasteiger partial charge in [0.15, 0.2) is 5.96 Å². The Morgan fingerprint density at radius 3 is 2.11 bits per heavy atom. The van der Waals surface area contributed by atoms with Crippen LogP contribution in [0.2, 0.25) is 0 Å². The van der Waals surface area contributed by atoms with Crippen LogP contribution in [0.1, 0.15) is 10.4 Å². The minimum absolute atomic E-state index is 0.0671. The lowest BCUT2D eigenvalue weighted by Crippen LogP contribution is -2.36. The van der Waals surface area contributed by atoms with Gasteiger partial charge in [0.1, 0.15) is 17.9 Å². The lowest BCUT2D eigenvalue weighted by molar-refractivity contribution is -0.137. The second-order valence-electron chi connectivity index (χ2n) is 3.46. The molecule has 0 aromatic heterocycles. The molecule has 0 aliphatic rings. The van der Waals surface area contributed by atoms with Crippen LogP contribution in [0.3, 0.4) is 0 Å². The Kier molecular flexibility index (Phi) is 6.44. The highest BCUT2D eigenvalue weighted by atomic mass is 16.4. The molecule has 1 aromatic rings. The topological polar surface area (TPSA) is 148 Å². The molecule has 0 radical (unpaired) electrons. The van der Waals surface area contributed by atoms with Gasteiger partial charge in [-0.2, -0.15) is 0 Å². The standard InChI is InChI=1S/C7H6O3.C4H9N3O2/c8-6-4-2-1-3-5(6)7(9)10;1-7(4(5)6)2-3(8)9/h1-4,8H,(H,9,10);2H2,1H3,(H3,5,6)(H,8,9). The summed E-state index contributed by atoms with van der Waals surface area (Å²) in [5.41, 5.74) is 4.86. The van der Waals surface area contributed by atoms with Crippen LogP contribution in [0.25, 0.3) is 0 Å². The van der Waals surface area contributed by atoms with Crippen LogP contribution >= 0.6 is 0 Å². The van der Waals surface area contributed by atoms with Crippen molar-refractivity contribution in [3.8, 4) is 5.75 Å². The number of nitrogens with two attached hydrogens (primary N) is 1. The maximum Gasteiger partial charge on any atom is 0.339 e. The molecule has 19 heavy (non-hydrogen) atoms. The van der Waals surface area contributed by atoms with Crippen LogP contribution in [0, 0.1) is 5.41 Å². The van der Waals surface area contributed by atoms with Gasteiger partial charge in [-0.25, -0.2) is 4.79 Å². The maximum atomic E-state index is 10.3. The van der Waals surface area contributed by atoms with E-state index in [9.17, 15) is 9.59 Å². The van der Waals surface area contributed by atoms with Crippen molar-refractivity contribution in [2.75, 3.05) is 13.6 Å². The Hall–Kier alpha value is -2.77. The number of nitrogens with zero attached hydrogens (tertiary/aromatic N) is 1. The number of aliphatic carboxylic acids is 1. The normalized spacial score (nSPS) is 8.89. The number of guanidine groups is 1. The SMILES string of the molecule is CN(CC(=O)O)C(=N)N.O=C(O)c1ccccc1O. The van der Waals surface area contributed by atoms with Gasteiger partial charge in [-0.3, -0.25) is 10.2 Å². The van der Waals surface area contributed by atoms with Crippen molar-refractivity contribution in [3.63, 3.8) is 0 Å². The minimum Gasteiger partial charge on any atom is -0.507 e. The average molecular weight is 269 g/mol. The lowest BCUT2D eigenvalue weighted by Gasteiger charge is -2.12. The summed E-state index contributed by atoms with van der Waals surface area (Å²) in [5.74, 6) is -2.54. The van der Waals surface area contributed by atoms with E-state index in [0.29, 0.717) is 0 Å². The lowest BCUT2D eigenvalue weighted by atomic mass is 10.2. The highest BCUT2D eigenvalue weighted by molar-refractivity contribution is 5.90. The van der Waals surface area contributed by atoms with Gasteiger partial charge in [0.2, 0.25) is 0 Å². The van der Waals surface area contributed by atoms with Gasteiger partial charge in [-0.1, -0.05) is 12.1 Å². The van der Waals surface area contributed by atoms with Gasteiger partial charge in [-0.15, -0.1) is 0 Å². The zero-order valence-corrected chi connectivity index (χ0v) is 10.2. The van der Waals surface area contributed by atoms with Gasteiger partial charge in [0, 0.05) is 7.05 Å². The van der Waals surface area contributed by atoms with Crippen molar-refractivity contribution < 1.29 is 24.9 Å². The molecule has 0 heterocycles. The number of nitrogens with one attached hydrogen (secondary N) is 1. The van der Waals surface area contributed by atoms with Crippen LogP contribution in [0.4, 0.5) is 0 Å². The molecule has 0 fully saturated rings. The quantitative estimate of drug-likeness (QED) is 0.382. The molecule has 8 nitrogen and oxygen atoms in total. The minimum atomic E-state index is -1.11. The molecule has 1 rings (SSSR count). The van der Waals surface area contributed by atoms with Gasteiger partial charge >= 0.3 is 11.9 Å². The van der Waals surface area contributed by atoms with E-state index in [1.807, 2.05) is 0 Å². The summed E-state index contributed by atoms with van der Waals surface area (Å²) in [6.45, 7) is -0.227. The molecule has 0 amide bonds. The zero-order valence-electron chi connectivity index (χ0n) is 10.2. The molecule has 8 heteroatoms. The van der Waals surface area contributed by atoms with Crippen molar-refractivity contribution in [2.24, 2.45) is 5.73 Å². The van der Waals surface area contributed by atoms with Gasteiger partial charge in [0.25, 0.3) is 0 Å². The Morgan fingerprint density at radius 1 is 1.32 bits per heavy atom. The van der Waals surface area contributed by atoms with Gasteiger partial charge in [-0.05, 0) is 12.1 Å². The summed E-state index contributed by atoms with van der Waals surface area (Å²) in [5, 5.41) is 32.2. The van der Waals surface area contributed by atoms with Crippen molar-refractivity contribution in [3.05, 3.63) is 29.8 Å². The molecular weight excluding hydrogens is 254 g/mol. The van der Waals surface area contributed by atoms with Crippen molar-refractivity contribution in [1.29, 1.82) is 5.41 Å². The van der Waals surface area contributed by atoms with E-state index >= 15 is 0 Å². The molecular formula is C11H15N3O5. The molecule has 0 saturated heterocycles. The Morgan fingerprint density at radius 2 is 1.84 bits per heavy atom. The number of aromatic hydroxyl groups is 1. The Labute approximate surface area is 109 Å². The first-order valence-electron chi connectivity index (χ1n) is 5.04. The summed E-state index contributed by atoms with van der Waals surface area (Å²) in [4.78, 5) is 21.3. The van der Waals surface area contributed by atoms with Crippen LogP contribution < -0.4 is 5.73 Å². The number of hydrogen-bond donors (Lipinski definition) is 5. The Balaban J connectivity index is 0.000000344. The second-order valence-corrected chi connectivity index (χ2v) is 3.46. The average Bonchev–Trinajstić information content (AvgIpc) is 2.29. The molecule has 0 aliphatic heterocycles. The molecule has 1 aromatic carbocycles. The van der Waals surface area contributed by atoms with E-state index in [0.717, 1.165) is 4.90 Å². The molecule has 0 saturated carbocycles. The van der Waals surface area contributed by atoms with Gasteiger partial charge < -0.3 is 26.0 Å². The number of phenols is 1. The first kappa shape index (κ1) is 16.2. The fraction of sp³-hybridized carbons (Fsp3) is 0.182. The predicted molar refractivity (Wildman–Crippen MR) is 67.2 cm³/mol. The van der Waals surface area contributed by atoms with Crippen LogP contribution in [0.15, 0.2) is 24.3 Å². The summed E-state index contributed by atoms with van der Waals surface area (Å²) in [6.07, 6.45) is 0. The van der Waals surface area contributed by atoms with Crippen molar-refractivity contribution >= 4 is 17.9 Å². The van der Waals surface area contributed by atoms with Gasteiger partial charge in [0.05, 0.1) is 0 Å². The van der Waals surface area contributed by atoms with E-state index in [4.69, 9.17) is 26.5 Å². The number of para-hydroxylation sites is 1. The number of aromatic carboxylic acids is 1. The Bertz CT molecular complexity index is 475. The second kappa shape index (κ2) is 7.54. The van der Waals surface area contributed by atoms with E-state index in [2.05, 4.69) is 0 Å². The summed E-state index contributed by atoms with van der Waals surface area (Å²) in [7, 11) is 1.44. The third kappa shape index (κ3) is 6.51. The third-order valence-electron chi connectivity index (χ3n) is 1.92. The molecule has 104 valence electrons. The molecule has 0 unspecified atom stereocenters. The molecule has 6 N–H and O–H groups in total.